The third-order valence-electron chi connectivity index (χ3n) is 2.89. The van der Waals surface area contributed by atoms with Crippen molar-refractivity contribution in [1.82, 2.24) is 9.97 Å². The predicted molar refractivity (Wildman–Crippen MR) is 70.3 cm³/mol. The molecular formula is C12H22N4O. The molecular weight excluding hydrogens is 216 g/mol. The average molecular weight is 238 g/mol. The fourth-order valence-corrected chi connectivity index (χ4v) is 1.55. The van der Waals surface area contributed by atoms with E-state index in [0.29, 0.717) is 17.6 Å². The van der Waals surface area contributed by atoms with Gasteiger partial charge in [-0.1, -0.05) is 13.8 Å². The Morgan fingerprint density at radius 2 is 2.18 bits per heavy atom. The first-order chi connectivity index (χ1) is 7.90. The number of hydrogen-bond donors (Lipinski definition) is 2. The molecule has 1 aromatic heterocycles. The zero-order valence-corrected chi connectivity index (χ0v) is 11.0. The molecule has 0 aliphatic rings. The van der Waals surface area contributed by atoms with Crippen molar-refractivity contribution in [3.05, 3.63) is 22.2 Å². The average Bonchev–Trinajstić information content (AvgIpc) is 2.23. The zero-order valence-electron chi connectivity index (χ0n) is 11.0. The topological polar surface area (TPSA) is 75.0 Å². The summed E-state index contributed by atoms with van der Waals surface area (Å²) in [6.07, 6.45) is 0.891. The lowest BCUT2D eigenvalue weighted by molar-refractivity contribution is 0.465. The highest BCUT2D eigenvalue weighted by atomic mass is 16.1. The van der Waals surface area contributed by atoms with Gasteiger partial charge in [0, 0.05) is 25.7 Å². The van der Waals surface area contributed by atoms with Crippen molar-refractivity contribution in [2.45, 2.75) is 33.2 Å². The van der Waals surface area contributed by atoms with E-state index >= 15 is 0 Å². The van der Waals surface area contributed by atoms with Crippen LogP contribution >= 0.6 is 0 Å². The first-order valence-electron chi connectivity index (χ1n) is 5.95. The molecule has 17 heavy (non-hydrogen) atoms. The van der Waals surface area contributed by atoms with Crippen LogP contribution in [0.5, 0.6) is 0 Å². The molecule has 1 unspecified atom stereocenters. The first-order valence-corrected chi connectivity index (χ1v) is 5.95. The van der Waals surface area contributed by atoms with Crippen LogP contribution in [0.15, 0.2) is 10.9 Å². The molecule has 3 N–H and O–H groups in total. The third-order valence-corrected chi connectivity index (χ3v) is 2.89. The summed E-state index contributed by atoms with van der Waals surface area (Å²) >= 11 is 0. The number of nitrogens with two attached hydrogens (primary N) is 1. The zero-order chi connectivity index (χ0) is 13.0. The number of aryl methyl sites for hydroxylation is 1. The van der Waals surface area contributed by atoms with Crippen LogP contribution < -0.4 is 16.2 Å². The molecule has 0 aromatic carbocycles. The summed E-state index contributed by atoms with van der Waals surface area (Å²) in [5.74, 6) is 1.80. The van der Waals surface area contributed by atoms with E-state index in [4.69, 9.17) is 5.73 Å². The number of rotatable bonds is 5. The Morgan fingerprint density at radius 1 is 1.53 bits per heavy atom. The predicted octanol–water partition coefficient (Wildman–Crippen LogP) is 0.888. The minimum atomic E-state index is -0.118. The summed E-state index contributed by atoms with van der Waals surface area (Å²) in [5.41, 5.74) is 5.87. The maximum absolute atomic E-state index is 11.3. The monoisotopic (exact) mass is 238 g/mol. The standard InChI is InChI=1S/C12H22N4O/c1-8(2)10(13)5-6-16(4)11-7-12(17)15-9(3)14-11/h7-8,10H,5-6,13H2,1-4H3,(H,14,15,17). The molecule has 1 aromatic rings. The van der Waals surface area contributed by atoms with Gasteiger partial charge in [0.1, 0.15) is 11.6 Å². The molecule has 0 fully saturated rings. The Hall–Kier alpha value is -1.36. The molecule has 0 aliphatic carbocycles. The lowest BCUT2D eigenvalue weighted by Crippen LogP contribution is -2.32. The van der Waals surface area contributed by atoms with Gasteiger partial charge in [0.15, 0.2) is 0 Å². The lowest BCUT2D eigenvalue weighted by atomic mass is 10.0. The van der Waals surface area contributed by atoms with Crippen LogP contribution in [0.2, 0.25) is 0 Å². The van der Waals surface area contributed by atoms with Gasteiger partial charge in [-0.15, -0.1) is 0 Å². The van der Waals surface area contributed by atoms with Gasteiger partial charge in [-0.3, -0.25) is 4.79 Å². The van der Waals surface area contributed by atoms with E-state index in [-0.39, 0.29) is 11.6 Å². The van der Waals surface area contributed by atoms with Gasteiger partial charge < -0.3 is 15.6 Å². The molecule has 0 saturated carbocycles. The minimum absolute atomic E-state index is 0.118. The van der Waals surface area contributed by atoms with Crippen LogP contribution in [-0.4, -0.2) is 29.6 Å². The van der Waals surface area contributed by atoms with E-state index in [0.717, 1.165) is 13.0 Å². The Labute approximate surface area is 102 Å². The maximum atomic E-state index is 11.3. The highest BCUT2D eigenvalue weighted by Gasteiger charge is 2.10. The minimum Gasteiger partial charge on any atom is -0.359 e. The van der Waals surface area contributed by atoms with Crippen LogP contribution in [-0.2, 0) is 0 Å². The number of aromatic nitrogens is 2. The van der Waals surface area contributed by atoms with E-state index in [1.54, 1.807) is 6.92 Å². The fraction of sp³-hybridized carbons (Fsp3) is 0.667. The summed E-state index contributed by atoms with van der Waals surface area (Å²) in [7, 11) is 1.92. The van der Waals surface area contributed by atoms with Crippen LogP contribution in [0.4, 0.5) is 5.82 Å². The van der Waals surface area contributed by atoms with Gasteiger partial charge in [-0.2, -0.15) is 0 Å². The van der Waals surface area contributed by atoms with Crippen molar-refractivity contribution < 1.29 is 0 Å². The van der Waals surface area contributed by atoms with Gasteiger partial charge in [0.25, 0.3) is 5.56 Å². The second-order valence-corrected chi connectivity index (χ2v) is 4.81. The molecule has 1 atom stereocenters. The molecule has 0 bridgehead atoms. The van der Waals surface area contributed by atoms with Crippen molar-refractivity contribution in [1.29, 1.82) is 0 Å². The summed E-state index contributed by atoms with van der Waals surface area (Å²) in [6.45, 7) is 6.80. The maximum Gasteiger partial charge on any atom is 0.252 e. The highest BCUT2D eigenvalue weighted by molar-refractivity contribution is 5.35. The second-order valence-electron chi connectivity index (χ2n) is 4.81. The Bertz CT molecular complexity index is 413. The Kier molecular flexibility index (Phi) is 4.69. The molecule has 5 heteroatoms. The summed E-state index contributed by atoms with van der Waals surface area (Å²) < 4.78 is 0. The van der Waals surface area contributed by atoms with E-state index in [1.165, 1.54) is 6.07 Å². The van der Waals surface area contributed by atoms with E-state index in [9.17, 15) is 4.79 Å². The molecule has 0 amide bonds. The van der Waals surface area contributed by atoms with Crippen molar-refractivity contribution >= 4 is 5.82 Å². The molecule has 1 heterocycles. The van der Waals surface area contributed by atoms with Gasteiger partial charge >= 0.3 is 0 Å². The first kappa shape index (κ1) is 13.7. The molecule has 0 spiro atoms. The lowest BCUT2D eigenvalue weighted by Gasteiger charge is -2.22. The molecule has 5 nitrogen and oxygen atoms in total. The van der Waals surface area contributed by atoms with Crippen molar-refractivity contribution in [3.63, 3.8) is 0 Å². The molecule has 96 valence electrons. The Morgan fingerprint density at radius 3 is 2.71 bits per heavy atom. The van der Waals surface area contributed by atoms with E-state index in [2.05, 4.69) is 23.8 Å². The van der Waals surface area contributed by atoms with Crippen LogP contribution in [0, 0.1) is 12.8 Å². The van der Waals surface area contributed by atoms with Crippen molar-refractivity contribution in [2.24, 2.45) is 11.7 Å². The molecule has 0 radical (unpaired) electrons. The summed E-state index contributed by atoms with van der Waals surface area (Å²) in [4.78, 5) is 20.2. The fourth-order valence-electron chi connectivity index (χ4n) is 1.55. The van der Waals surface area contributed by atoms with Gasteiger partial charge in [0.05, 0.1) is 0 Å². The SMILES string of the molecule is Cc1nc(N(C)CCC(N)C(C)C)cc(=O)[nH]1. The largest absolute Gasteiger partial charge is 0.359 e. The van der Waals surface area contributed by atoms with Crippen molar-refractivity contribution in [2.75, 3.05) is 18.5 Å². The van der Waals surface area contributed by atoms with Gasteiger partial charge in [-0.05, 0) is 19.3 Å². The number of H-pyrrole nitrogens is 1. The normalized spacial score (nSPS) is 12.8. The van der Waals surface area contributed by atoms with Crippen molar-refractivity contribution in [3.8, 4) is 0 Å². The van der Waals surface area contributed by atoms with Gasteiger partial charge in [-0.25, -0.2) is 4.98 Å². The smallest absolute Gasteiger partial charge is 0.252 e. The quantitative estimate of drug-likeness (QED) is 0.798. The highest BCUT2D eigenvalue weighted by Crippen LogP contribution is 2.09. The third kappa shape index (κ3) is 4.19. The number of nitrogens with one attached hydrogen (secondary N) is 1. The van der Waals surface area contributed by atoms with Gasteiger partial charge in [0.2, 0.25) is 0 Å². The Balaban J connectivity index is 2.63. The van der Waals surface area contributed by atoms with E-state index < -0.39 is 0 Å². The van der Waals surface area contributed by atoms with Crippen LogP contribution in [0.3, 0.4) is 0 Å². The number of hydrogen-bond acceptors (Lipinski definition) is 4. The summed E-state index contributed by atoms with van der Waals surface area (Å²) in [5, 5.41) is 0. The number of anilines is 1. The molecule has 1 rings (SSSR count). The van der Waals surface area contributed by atoms with Crippen LogP contribution in [0.1, 0.15) is 26.1 Å². The second kappa shape index (κ2) is 5.82. The van der Waals surface area contributed by atoms with E-state index in [1.807, 2.05) is 11.9 Å². The van der Waals surface area contributed by atoms with Crippen LogP contribution in [0.25, 0.3) is 0 Å². The molecule has 0 saturated heterocycles. The molecule has 0 aliphatic heterocycles. The number of nitrogens with zero attached hydrogens (tertiary/aromatic N) is 2. The summed E-state index contributed by atoms with van der Waals surface area (Å²) in [6, 6.07) is 1.69. The number of aromatic amines is 1.